The summed E-state index contributed by atoms with van der Waals surface area (Å²) >= 11 is 0. The third-order valence-electron chi connectivity index (χ3n) is 5.27. The maximum absolute atomic E-state index is 5.84. The molecule has 3 heterocycles. The Balaban J connectivity index is 1.23. The van der Waals surface area contributed by atoms with E-state index < -0.39 is 0 Å². The molecule has 26 heavy (non-hydrogen) atoms. The van der Waals surface area contributed by atoms with Gasteiger partial charge in [-0.1, -0.05) is 17.3 Å². The Morgan fingerprint density at radius 2 is 1.96 bits per heavy atom. The van der Waals surface area contributed by atoms with Gasteiger partial charge in [-0.2, -0.15) is 4.98 Å². The van der Waals surface area contributed by atoms with Crippen LogP contribution in [0.25, 0.3) is 0 Å². The molecule has 0 spiro atoms. The monoisotopic (exact) mass is 357 g/mol. The second-order valence-corrected chi connectivity index (χ2v) is 7.32. The van der Waals surface area contributed by atoms with Gasteiger partial charge in [0.05, 0.1) is 6.10 Å². The normalized spacial score (nSPS) is 22.0. The number of nitrogens with zero attached hydrogens (tertiary/aromatic N) is 3. The minimum absolute atomic E-state index is 0.263. The maximum atomic E-state index is 5.84. The van der Waals surface area contributed by atoms with Gasteiger partial charge < -0.3 is 14.0 Å². The van der Waals surface area contributed by atoms with Crippen molar-refractivity contribution in [1.82, 2.24) is 15.0 Å². The summed E-state index contributed by atoms with van der Waals surface area (Å²) in [4.78, 5) is 6.87. The van der Waals surface area contributed by atoms with Gasteiger partial charge in [0, 0.05) is 19.1 Å². The van der Waals surface area contributed by atoms with Crippen LogP contribution in [0, 0.1) is 6.92 Å². The minimum Gasteiger partial charge on any atom is -0.491 e. The average Bonchev–Trinajstić information content (AvgIpc) is 3.34. The molecule has 2 aromatic rings. The number of rotatable bonds is 6. The van der Waals surface area contributed by atoms with Crippen LogP contribution in [0.4, 0.5) is 0 Å². The summed E-state index contributed by atoms with van der Waals surface area (Å²) in [5.41, 5.74) is 1.32. The number of likely N-dealkylation sites (tertiary alicyclic amines) is 1. The molecule has 0 saturated carbocycles. The predicted molar refractivity (Wildman–Crippen MR) is 97.2 cm³/mol. The van der Waals surface area contributed by atoms with E-state index in [0.717, 1.165) is 69.4 Å². The lowest BCUT2D eigenvalue weighted by molar-refractivity contribution is 0.0679. The molecule has 140 valence electrons. The van der Waals surface area contributed by atoms with E-state index in [2.05, 4.69) is 39.3 Å². The van der Waals surface area contributed by atoms with E-state index in [-0.39, 0.29) is 6.10 Å². The Kier molecular flexibility index (Phi) is 5.51. The largest absolute Gasteiger partial charge is 0.491 e. The third-order valence-corrected chi connectivity index (χ3v) is 5.27. The van der Waals surface area contributed by atoms with Crippen molar-refractivity contribution in [2.24, 2.45) is 0 Å². The van der Waals surface area contributed by atoms with E-state index in [0.29, 0.717) is 12.5 Å². The first-order valence-electron chi connectivity index (χ1n) is 9.62. The van der Waals surface area contributed by atoms with Crippen LogP contribution in [0.3, 0.4) is 0 Å². The number of hydrogen-bond acceptors (Lipinski definition) is 6. The molecule has 0 radical (unpaired) electrons. The number of aromatic nitrogens is 2. The Hall–Kier alpha value is -1.92. The lowest BCUT2D eigenvalue weighted by Gasteiger charge is -2.30. The summed E-state index contributed by atoms with van der Waals surface area (Å²) < 4.78 is 16.8. The van der Waals surface area contributed by atoms with Gasteiger partial charge in [0.25, 0.3) is 0 Å². The Morgan fingerprint density at radius 3 is 2.62 bits per heavy atom. The van der Waals surface area contributed by atoms with Gasteiger partial charge in [-0.15, -0.1) is 0 Å². The van der Waals surface area contributed by atoms with Crippen LogP contribution in [0.15, 0.2) is 28.8 Å². The molecule has 0 amide bonds. The van der Waals surface area contributed by atoms with Crippen molar-refractivity contribution >= 4 is 0 Å². The maximum Gasteiger partial charge on any atom is 0.229 e. The third kappa shape index (κ3) is 4.43. The number of hydrogen-bond donors (Lipinski definition) is 0. The highest BCUT2D eigenvalue weighted by atomic mass is 16.5. The van der Waals surface area contributed by atoms with Crippen LogP contribution in [0.2, 0.25) is 0 Å². The second-order valence-electron chi connectivity index (χ2n) is 7.32. The van der Waals surface area contributed by atoms with Crippen LogP contribution in [0.1, 0.15) is 48.9 Å². The highest BCUT2D eigenvalue weighted by Crippen LogP contribution is 2.27. The van der Waals surface area contributed by atoms with Crippen molar-refractivity contribution in [3.05, 3.63) is 41.5 Å². The Labute approximate surface area is 154 Å². The average molecular weight is 357 g/mol. The fourth-order valence-electron chi connectivity index (χ4n) is 3.73. The van der Waals surface area contributed by atoms with Crippen molar-refractivity contribution in [2.45, 2.75) is 51.2 Å². The molecule has 2 fully saturated rings. The van der Waals surface area contributed by atoms with Crippen molar-refractivity contribution in [3.8, 4) is 5.75 Å². The van der Waals surface area contributed by atoms with Gasteiger partial charge in [0.15, 0.2) is 5.82 Å². The van der Waals surface area contributed by atoms with E-state index in [4.69, 9.17) is 14.0 Å². The zero-order valence-corrected chi connectivity index (χ0v) is 15.4. The van der Waals surface area contributed by atoms with Gasteiger partial charge in [0.2, 0.25) is 5.89 Å². The van der Waals surface area contributed by atoms with Crippen LogP contribution >= 0.6 is 0 Å². The summed E-state index contributed by atoms with van der Waals surface area (Å²) in [6.07, 6.45) is 4.67. The molecule has 6 heteroatoms. The molecule has 0 N–H and O–H groups in total. The highest BCUT2D eigenvalue weighted by Gasteiger charge is 2.24. The van der Waals surface area contributed by atoms with E-state index in [1.807, 2.05) is 6.92 Å². The van der Waals surface area contributed by atoms with E-state index in [1.165, 1.54) is 5.56 Å². The summed E-state index contributed by atoms with van der Waals surface area (Å²) in [6.45, 7) is 6.49. The SMILES string of the molecule is Cc1noc(C2CCN(Cc3ccc(OCC4CCCO4)cc3)CC2)n1. The lowest BCUT2D eigenvalue weighted by Crippen LogP contribution is -2.32. The Morgan fingerprint density at radius 1 is 1.15 bits per heavy atom. The molecule has 1 unspecified atom stereocenters. The van der Waals surface area contributed by atoms with E-state index in [1.54, 1.807) is 0 Å². The molecular weight excluding hydrogens is 330 g/mol. The van der Waals surface area contributed by atoms with Crippen LogP contribution in [-0.2, 0) is 11.3 Å². The molecular formula is C20H27N3O3. The zero-order valence-electron chi connectivity index (χ0n) is 15.4. The van der Waals surface area contributed by atoms with Crippen LogP contribution in [0.5, 0.6) is 5.75 Å². The first kappa shape index (κ1) is 17.5. The van der Waals surface area contributed by atoms with Crippen molar-refractivity contribution in [1.29, 1.82) is 0 Å². The number of piperidine rings is 1. The summed E-state index contributed by atoms with van der Waals surface area (Å²) in [5, 5.41) is 3.91. The molecule has 1 atom stereocenters. The summed E-state index contributed by atoms with van der Waals surface area (Å²) in [6, 6.07) is 8.47. The predicted octanol–water partition coefficient (Wildman–Crippen LogP) is 3.32. The first-order valence-corrected chi connectivity index (χ1v) is 9.62. The van der Waals surface area contributed by atoms with Gasteiger partial charge in [-0.3, -0.25) is 4.90 Å². The molecule has 0 bridgehead atoms. The lowest BCUT2D eigenvalue weighted by atomic mass is 9.96. The summed E-state index contributed by atoms with van der Waals surface area (Å²) in [5.74, 6) is 2.86. The topological polar surface area (TPSA) is 60.6 Å². The number of ether oxygens (including phenoxy) is 2. The summed E-state index contributed by atoms with van der Waals surface area (Å²) in [7, 11) is 0. The van der Waals surface area contributed by atoms with Gasteiger partial charge in [0.1, 0.15) is 12.4 Å². The molecule has 2 saturated heterocycles. The molecule has 4 rings (SSSR count). The van der Waals surface area contributed by atoms with Gasteiger partial charge in [-0.05, 0) is 63.4 Å². The fourth-order valence-corrected chi connectivity index (χ4v) is 3.73. The van der Waals surface area contributed by atoms with Crippen LogP contribution < -0.4 is 4.74 Å². The first-order chi connectivity index (χ1) is 12.8. The highest BCUT2D eigenvalue weighted by molar-refractivity contribution is 5.27. The quantitative estimate of drug-likeness (QED) is 0.790. The molecule has 0 aliphatic carbocycles. The second kappa shape index (κ2) is 8.18. The Bertz CT molecular complexity index is 687. The van der Waals surface area contributed by atoms with E-state index >= 15 is 0 Å². The molecule has 6 nitrogen and oxygen atoms in total. The molecule has 2 aliphatic heterocycles. The minimum atomic E-state index is 0.263. The van der Waals surface area contributed by atoms with E-state index in [9.17, 15) is 0 Å². The van der Waals surface area contributed by atoms with Crippen LogP contribution in [-0.4, -0.2) is 47.4 Å². The molecule has 2 aliphatic rings. The number of benzene rings is 1. The molecule has 1 aromatic heterocycles. The fraction of sp³-hybridized carbons (Fsp3) is 0.600. The molecule has 1 aromatic carbocycles. The van der Waals surface area contributed by atoms with Gasteiger partial charge in [-0.25, -0.2) is 0 Å². The van der Waals surface area contributed by atoms with Crippen molar-refractivity contribution < 1.29 is 14.0 Å². The smallest absolute Gasteiger partial charge is 0.229 e. The standard InChI is InChI=1S/C20H27N3O3/c1-15-21-20(26-22-15)17-8-10-23(11-9-17)13-16-4-6-18(7-5-16)25-14-19-3-2-12-24-19/h4-7,17,19H,2-3,8-14H2,1H3. The van der Waals surface area contributed by atoms with Crippen molar-refractivity contribution in [2.75, 3.05) is 26.3 Å². The van der Waals surface area contributed by atoms with Crippen molar-refractivity contribution in [3.63, 3.8) is 0 Å². The zero-order chi connectivity index (χ0) is 17.8. The van der Waals surface area contributed by atoms with Gasteiger partial charge >= 0.3 is 0 Å². The number of aryl methyl sites for hydroxylation is 1.